The van der Waals surface area contributed by atoms with Crippen molar-refractivity contribution in [2.24, 2.45) is 9.98 Å². The van der Waals surface area contributed by atoms with Crippen LogP contribution in [0.1, 0.15) is 36.5 Å². The topological polar surface area (TPSA) is 55.4 Å². The Morgan fingerprint density at radius 1 is 1.00 bits per heavy atom. The molecule has 0 fully saturated rings. The van der Waals surface area contributed by atoms with Crippen molar-refractivity contribution in [3.63, 3.8) is 0 Å². The quantitative estimate of drug-likeness (QED) is 0.727. The van der Waals surface area contributed by atoms with E-state index in [1.807, 2.05) is 18.2 Å². The summed E-state index contributed by atoms with van der Waals surface area (Å²) in [7, 11) is 0. The molecule has 124 valence electrons. The predicted molar refractivity (Wildman–Crippen MR) is 99.7 cm³/mol. The third-order valence-electron chi connectivity index (χ3n) is 4.26. The number of hydrogen-bond donors (Lipinski definition) is 0. The first-order valence-electron chi connectivity index (χ1n) is 8.40. The van der Waals surface area contributed by atoms with Gasteiger partial charge < -0.3 is 0 Å². The van der Waals surface area contributed by atoms with E-state index in [0.29, 0.717) is 18.4 Å². The van der Waals surface area contributed by atoms with Crippen LogP contribution in [0.2, 0.25) is 0 Å². The molecule has 1 aliphatic heterocycles. The van der Waals surface area contributed by atoms with Crippen LogP contribution in [0.4, 0.5) is 5.95 Å². The first-order chi connectivity index (χ1) is 12.2. The van der Waals surface area contributed by atoms with E-state index in [-0.39, 0.29) is 0 Å². The highest BCUT2D eigenvalue weighted by atomic mass is 15.4. The summed E-state index contributed by atoms with van der Waals surface area (Å²) >= 11 is 0. The first-order valence-corrected chi connectivity index (χ1v) is 8.40. The lowest BCUT2D eigenvalue weighted by molar-refractivity contribution is 0.866. The molecule has 0 bridgehead atoms. The van der Waals surface area contributed by atoms with E-state index in [1.165, 1.54) is 11.9 Å². The zero-order valence-corrected chi connectivity index (χ0v) is 14.3. The lowest BCUT2D eigenvalue weighted by atomic mass is 10.00. The Bertz CT molecular complexity index is 934. The molecule has 25 heavy (non-hydrogen) atoms. The molecule has 2 aromatic carbocycles. The third kappa shape index (κ3) is 3.01. The number of aliphatic imine (C=N–C) groups is 2. The van der Waals surface area contributed by atoms with Crippen LogP contribution >= 0.6 is 0 Å². The lowest BCUT2D eigenvalue weighted by Gasteiger charge is -2.08. The van der Waals surface area contributed by atoms with Crippen molar-refractivity contribution in [1.29, 1.82) is 0 Å². The molecule has 5 heteroatoms. The highest BCUT2D eigenvalue weighted by Gasteiger charge is 2.25. The molecular formula is C20H19N5. The standard InChI is InChI=1S/C20H19N5/c1-14(2)16-8-10-17(11-9-16)18-19(25-20(24-18)22-13-23-25)21-12-15-6-4-3-5-7-15/h3-11,13-14H,12H2,1-2H3. The van der Waals surface area contributed by atoms with Crippen molar-refractivity contribution in [2.75, 3.05) is 0 Å². The van der Waals surface area contributed by atoms with E-state index in [0.717, 1.165) is 22.7 Å². The number of aromatic nitrogens is 3. The van der Waals surface area contributed by atoms with Gasteiger partial charge in [0.05, 0.1) is 6.54 Å². The van der Waals surface area contributed by atoms with Gasteiger partial charge in [0.25, 0.3) is 5.95 Å². The maximum Gasteiger partial charge on any atom is 0.254 e. The Hall–Kier alpha value is -3.08. The van der Waals surface area contributed by atoms with Crippen molar-refractivity contribution in [1.82, 2.24) is 14.8 Å². The second-order valence-electron chi connectivity index (χ2n) is 6.33. The minimum atomic E-state index is 0.503. The molecule has 1 aliphatic rings. The van der Waals surface area contributed by atoms with E-state index in [9.17, 15) is 0 Å². The molecule has 0 spiro atoms. The van der Waals surface area contributed by atoms with Gasteiger partial charge in [0.2, 0.25) is 0 Å². The van der Waals surface area contributed by atoms with Crippen LogP contribution < -0.4 is 0 Å². The van der Waals surface area contributed by atoms with Gasteiger partial charge in [-0.25, -0.2) is 4.99 Å². The Labute approximate surface area is 146 Å². The van der Waals surface area contributed by atoms with Crippen LogP contribution in [-0.4, -0.2) is 26.3 Å². The van der Waals surface area contributed by atoms with Gasteiger partial charge in [-0.2, -0.15) is 14.8 Å². The fourth-order valence-electron chi connectivity index (χ4n) is 2.82. The summed E-state index contributed by atoms with van der Waals surface area (Å²) in [4.78, 5) is 13.6. The van der Waals surface area contributed by atoms with Gasteiger partial charge in [0, 0.05) is 5.56 Å². The fraction of sp³-hybridized carbons (Fsp3) is 0.200. The predicted octanol–water partition coefficient (Wildman–Crippen LogP) is 3.98. The van der Waals surface area contributed by atoms with Gasteiger partial charge in [-0.1, -0.05) is 68.4 Å². The molecule has 0 saturated heterocycles. The monoisotopic (exact) mass is 329 g/mol. The van der Waals surface area contributed by atoms with Crippen molar-refractivity contribution in [3.8, 4) is 0 Å². The first kappa shape index (κ1) is 15.4. The zero-order chi connectivity index (χ0) is 17.2. The smallest absolute Gasteiger partial charge is 0.254 e. The maximum atomic E-state index is 4.77. The summed E-state index contributed by atoms with van der Waals surface area (Å²) in [5, 5.41) is 4.27. The second kappa shape index (κ2) is 6.43. The Kier molecular flexibility index (Phi) is 3.98. The minimum absolute atomic E-state index is 0.503. The molecule has 3 aromatic rings. The number of benzene rings is 2. The molecule has 5 nitrogen and oxygen atoms in total. The SMILES string of the molecule is CC(C)c1ccc(C2=Nc3ncnn3C2=NCc2ccccc2)cc1. The normalized spacial score (nSPS) is 14.8. The van der Waals surface area contributed by atoms with Crippen molar-refractivity contribution < 1.29 is 0 Å². The molecule has 4 rings (SSSR count). The number of hydrogen-bond acceptors (Lipinski definition) is 4. The molecule has 0 radical (unpaired) electrons. The molecule has 1 aromatic heterocycles. The average molecular weight is 329 g/mol. The van der Waals surface area contributed by atoms with E-state index >= 15 is 0 Å². The highest BCUT2D eigenvalue weighted by Crippen LogP contribution is 2.22. The van der Waals surface area contributed by atoms with E-state index < -0.39 is 0 Å². The molecule has 2 heterocycles. The summed E-state index contributed by atoms with van der Waals surface area (Å²) in [5.41, 5.74) is 4.31. The van der Waals surface area contributed by atoms with Gasteiger partial charge in [0.15, 0.2) is 5.84 Å². The summed E-state index contributed by atoms with van der Waals surface area (Å²) in [6.45, 7) is 4.96. The molecular weight excluding hydrogens is 310 g/mol. The summed E-state index contributed by atoms with van der Waals surface area (Å²) in [6, 6.07) is 18.7. The summed E-state index contributed by atoms with van der Waals surface area (Å²) in [6.07, 6.45) is 1.51. The van der Waals surface area contributed by atoms with Crippen LogP contribution in [-0.2, 0) is 6.54 Å². The maximum absolute atomic E-state index is 4.77. The number of fused-ring (bicyclic) bond motifs is 1. The molecule has 0 saturated carbocycles. The largest absolute Gasteiger partial charge is 0.260 e. The van der Waals surface area contributed by atoms with Gasteiger partial charge in [-0.05, 0) is 17.0 Å². The van der Waals surface area contributed by atoms with Gasteiger partial charge in [0.1, 0.15) is 12.0 Å². The Balaban J connectivity index is 1.69. The molecule has 0 amide bonds. The number of rotatable bonds is 4. The van der Waals surface area contributed by atoms with E-state index in [1.54, 1.807) is 4.68 Å². The minimum Gasteiger partial charge on any atom is -0.260 e. The van der Waals surface area contributed by atoms with Gasteiger partial charge in [-0.15, -0.1) is 0 Å². The molecule has 0 N–H and O–H groups in total. The van der Waals surface area contributed by atoms with Gasteiger partial charge >= 0.3 is 0 Å². The molecule has 0 aliphatic carbocycles. The van der Waals surface area contributed by atoms with Crippen LogP contribution in [0.15, 0.2) is 70.9 Å². The Morgan fingerprint density at radius 3 is 2.48 bits per heavy atom. The van der Waals surface area contributed by atoms with Crippen molar-refractivity contribution in [2.45, 2.75) is 26.3 Å². The highest BCUT2D eigenvalue weighted by molar-refractivity contribution is 6.50. The van der Waals surface area contributed by atoms with Crippen LogP contribution in [0.25, 0.3) is 0 Å². The van der Waals surface area contributed by atoms with Crippen LogP contribution in [0.3, 0.4) is 0 Å². The van der Waals surface area contributed by atoms with E-state index in [2.05, 4.69) is 65.3 Å². The summed E-state index contributed by atoms with van der Waals surface area (Å²) < 4.78 is 1.70. The molecule has 0 unspecified atom stereocenters. The average Bonchev–Trinajstić information content (AvgIpc) is 3.22. The van der Waals surface area contributed by atoms with Gasteiger partial charge in [-0.3, -0.25) is 4.99 Å². The van der Waals surface area contributed by atoms with Crippen LogP contribution in [0, 0.1) is 0 Å². The van der Waals surface area contributed by atoms with E-state index in [4.69, 9.17) is 4.99 Å². The van der Waals surface area contributed by atoms with Crippen LogP contribution in [0.5, 0.6) is 0 Å². The third-order valence-corrected chi connectivity index (χ3v) is 4.26. The van der Waals surface area contributed by atoms with Crippen molar-refractivity contribution in [3.05, 3.63) is 77.6 Å². The molecule has 0 atom stereocenters. The second-order valence-corrected chi connectivity index (χ2v) is 6.33. The zero-order valence-electron chi connectivity index (χ0n) is 14.3. The Morgan fingerprint density at radius 2 is 1.76 bits per heavy atom. The van der Waals surface area contributed by atoms with Crippen molar-refractivity contribution >= 4 is 17.5 Å². The lowest BCUT2D eigenvalue weighted by Crippen LogP contribution is -2.20. The fourth-order valence-corrected chi connectivity index (χ4v) is 2.82. The summed E-state index contributed by atoms with van der Waals surface area (Å²) in [5.74, 6) is 1.83. The number of nitrogens with zero attached hydrogens (tertiary/aromatic N) is 5.